The van der Waals surface area contributed by atoms with Gasteiger partial charge in [-0.05, 0) is 0 Å². The zero-order chi connectivity index (χ0) is 3.58. The van der Waals surface area contributed by atoms with Crippen LogP contribution in [0.4, 0.5) is 0 Å². The first-order valence-electron chi connectivity index (χ1n) is 0.707. The van der Waals surface area contributed by atoms with Crippen LogP contribution < -0.4 is 63.5 Å². The van der Waals surface area contributed by atoms with Crippen molar-refractivity contribution >= 4 is 7.32 Å². The van der Waals surface area contributed by atoms with Gasteiger partial charge >= 0.3 is 49.8 Å². The van der Waals surface area contributed by atoms with Crippen molar-refractivity contribution in [2.45, 2.75) is 0 Å². The fourth-order valence-electron chi connectivity index (χ4n) is 0. The summed E-state index contributed by atoms with van der Waals surface area (Å²) in [6.45, 7) is 0. The first-order chi connectivity index (χ1) is 1.73. The van der Waals surface area contributed by atoms with Gasteiger partial charge in [0, 0.05) is 0 Å². The molecule has 0 atom stereocenters. The molecule has 24 valence electrons. The molecule has 0 aromatic carbocycles. The summed E-state index contributed by atoms with van der Waals surface area (Å²) in [4.78, 5) is 0. The summed E-state index contributed by atoms with van der Waals surface area (Å²) in [5, 5.41) is 25.2. The molecule has 0 aliphatic carbocycles. The van der Waals surface area contributed by atoms with E-state index in [0.29, 0.717) is 0 Å². The predicted molar refractivity (Wildman–Crippen MR) is 6.87 cm³/mol. The summed E-state index contributed by atoms with van der Waals surface area (Å²) in [5.74, 6) is 0. The molecule has 0 aromatic heterocycles. The van der Waals surface area contributed by atoms with E-state index in [4.69, 9.17) is 15.1 Å². The van der Waals surface area contributed by atoms with Gasteiger partial charge in [-0.15, -0.1) is 0 Å². The Kier molecular flexibility index (Phi) is 25.4. The molecule has 3 nitrogen and oxygen atoms in total. The van der Waals surface area contributed by atoms with Gasteiger partial charge in [-0.3, -0.25) is 7.32 Å². The normalized spacial score (nSPS) is 4.50. The van der Waals surface area contributed by atoms with E-state index in [1.165, 1.54) is 0 Å². The third-order valence-corrected chi connectivity index (χ3v) is 0. The fraction of sp³-hybridized carbons (Fsp3) is 0. The van der Waals surface area contributed by atoms with Crippen LogP contribution in [-0.2, 0) is 0 Å². The average Bonchev–Trinajstić information content (AvgIpc) is 0.811. The Morgan fingerprint density at radius 2 is 1.17 bits per heavy atom. The average molecular weight is 89.7 g/mol. The first-order valence-corrected chi connectivity index (χ1v) is 0.707. The maximum atomic E-state index is 8.42. The molecule has 6 heteroatoms. The fourth-order valence-corrected chi connectivity index (χ4v) is 0. The summed E-state index contributed by atoms with van der Waals surface area (Å²) in [6, 6.07) is 0. The number of hydrogen-bond donors (Lipinski definition) is 0. The van der Waals surface area contributed by atoms with Gasteiger partial charge in [0.15, 0.2) is 0 Å². The minimum absolute atomic E-state index is 0. The van der Waals surface area contributed by atoms with Crippen LogP contribution in [0.15, 0.2) is 0 Å². The molecule has 0 spiro atoms. The molecular weight excluding hydrogens is 88.7 g/mol. The van der Waals surface area contributed by atoms with Crippen molar-refractivity contribution in [2.24, 2.45) is 0 Å². The van der Waals surface area contributed by atoms with Crippen molar-refractivity contribution in [3.63, 3.8) is 0 Å². The Morgan fingerprint density at radius 3 is 1.17 bits per heavy atom. The van der Waals surface area contributed by atoms with E-state index in [1.54, 1.807) is 0 Å². The van der Waals surface area contributed by atoms with E-state index in [0.717, 1.165) is 0 Å². The summed E-state index contributed by atoms with van der Waals surface area (Å²) in [7, 11) is -2.92. The molecule has 0 N–H and O–H groups in total. The van der Waals surface area contributed by atoms with E-state index >= 15 is 0 Å². The van der Waals surface area contributed by atoms with Crippen molar-refractivity contribution in [1.82, 2.24) is 0 Å². The third-order valence-electron chi connectivity index (χ3n) is 0. The van der Waals surface area contributed by atoms with Crippen LogP contribution in [0.5, 0.6) is 0 Å². The molecule has 6 heavy (non-hydrogen) atoms. The van der Waals surface area contributed by atoms with Gasteiger partial charge in [0.1, 0.15) is 0 Å². The van der Waals surface area contributed by atoms with Crippen molar-refractivity contribution in [1.29, 1.82) is 0 Å². The topological polar surface area (TPSA) is 69.2 Å². The van der Waals surface area contributed by atoms with Gasteiger partial charge in [0.05, 0.1) is 0 Å². The molecule has 0 aliphatic heterocycles. The largest absolute Gasteiger partial charge is 1.00 e. The second-order valence-electron chi connectivity index (χ2n) is 0.289. The van der Waals surface area contributed by atoms with Gasteiger partial charge in [0.25, 0.3) is 0 Å². The van der Waals surface area contributed by atoms with E-state index in [1.807, 2.05) is 0 Å². The zero-order valence-corrected chi connectivity index (χ0v) is 5.80. The smallest absolute Gasteiger partial charge is 0.907 e. The standard InChI is InChI=1S/BO3.Li.Na/c2-1(3)4;;/q-3;2*+1/p+1. The van der Waals surface area contributed by atoms with Gasteiger partial charge in [-0.25, -0.2) is 0 Å². The SMILES string of the molecule is [H+].[Li+].[Na+].[O-]B([O-])[O-]. The molecule has 0 bridgehead atoms. The Balaban J connectivity index is -0.0000000150. The van der Waals surface area contributed by atoms with Crippen LogP contribution in [0.25, 0.3) is 0 Å². The van der Waals surface area contributed by atoms with Crippen molar-refractivity contribution in [3.05, 3.63) is 0 Å². The monoisotopic (exact) mass is 90.0 g/mol. The predicted octanol–water partition coefficient (Wildman–Crippen LogP) is -9.83. The van der Waals surface area contributed by atoms with E-state index < -0.39 is 7.32 Å². The Hall–Kier alpha value is 1.54. The zero-order valence-electron chi connectivity index (χ0n) is 4.80. The molecule has 0 aromatic rings. The van der Waals surface area contributed by atoms with E-state index in [-0.39, 0.29) is 49.8 Å². The van der Waals surface area contributed by atoms with Crippen molar-refractivity contribution in [3.8, 4) is 0 Å². The number of hydrogen-bond acceptors (Lipinski definition) is 3. The second kappa shape index (κ2) is 9.74. The molecule has 0 rings (SSSR count). The molecule has 0 amide bonds. The van der Waals surface area contributed by atoms with Crippen LogP contribution in [-0.4, -0.2) is 7.32 Å². The first kappa shape index (κ1) is 15.6. The van der Waals surface area contributed by atoms with Gasteiger partial charge in [-0.1, -0.05) is 0 Å². The molecule has 0 saturated heterocycles. The van der Waals surface area contributed by atoms with E-state index in [2.05, 4.69) is 0 Å². The summed E-state index contributed by atoms with van der Waals surface area (Å²) >= 11 is 0. The molecule has 0 aliphatic rings. The molecule has 0 unspecified atom stereocenters. The van der Waals surface area contributed by atoms with Crippen LogP contribution >= 0.6 is 0 Å². The van der Waals surface area contributed by atoms with Gasteiger partial charge in [0.2, 0.25) is 0 Å². The van der Waals surface area contributed by atoms with Crippen LogP contribution in [0, 0.1) is 0 Å². The molecule has 0 saturated carbocycles. The molecule has 0 radical (unpaired) electrons. The quantitative estimate of drug-likeness (QED) is 0.277. The molecule has 0 fully saturated rings. The molecule has 0 heterocycles. The third kappa shape index (κ3) is 48.1. The Bertz CT molecular complexity index is 19.7. The van der Waals surface area contributed by atoms with Gasteiger partial charge < -0.3 is 15.1 Å². The second-order valence-corrected chi connectivity index (χ2v) is 0.289. The van der Waals surface area contributed by atoms with Crippen molar-refractivity contribution in [2.75, 3.05) is 0 Å². The summed E-state index contributed by atoms with van der Waals surface area (Å²) in [6.07, 6.45) is 0. The van der Waals surface area contributed by atoms with Crippen LogP contribution in [0.1, 0.15) is 1.43 Å². The minimum Gasteiger partial charge on any atom is -0.907 e. The van der Waals surface area contributed by atoms with E-state index in [9.17, 15) is 0 Å². The Labute approximate surface area is 71.9 Å². The van der Waals surface area contributed by atoms with Crippen LogP contribution in [0.3, 0.4) is 0 Å². The summed E-state index contributed by atoms with van der Waals surface area (Å²) in [5.41, 5.74) is 0. The Morgan fingerprint density at radius 1 is 1.17 bits per heavy atom. The van der Waals surface area contributed by atoms with Gasteiger partial charge in [-0.2, -0.15) is 0 Å². The maximum Gasteiger partial charge on any atom is 1.00 e. The summed E-state index contributed by atoms with van der Waals surface area (Å²) < 4.78 is 0. The maximum absolute atomic E-state index is 8.42. The molecular formula is HBLiNaO3. The van der Waals surface area contributed by atoms with Crippen LogP contribution in [0.2, 0.25) is 0 Å². The number of rotatable bonds is 0. The minimum atomic E-state index is -2.92. The van der Waals surface area contributed by atoms with Crippen molar-refractivity contribution < 1.29 is 64.9 Å².